The maximum absolute atomic E-state index is 13.2. The van der Waals surface area contributed by atoms with E-state index in [1.54, 1.807) is 0 Å². The normalized spacial score (nSPS) is 18.6. The second-order valence-corrected chi connectivity index (χ2v) is 7.33. The standard InChI is InChI=1S/C13H19FN2O2S/c1-13(4-2-3-5-13)9-16-19(17,18)12-7-10(14)6-11(15)8-12/h6-8,16H,2-5,9,15H2,1H3. The Hall–Kier alpha value is -1.14. The highest BCUT2D eigenvalue weighted by Crippen LogP contribution is 2.37. The number of nitrogen functional groups attached to an aromatic ring is 1. The lowest BCUT2D eigenvalue weighted by molar-refractivity contribution is 0.336. The molecule has 0 spiro atoms. The molecule has 1 aromatic carbocycles. The number of hydrogen-bond donors (Lipinski definition) is 2. The van der Waals surface area contributed by atoms with Crippen molar-refractivity contribution in [3.63, 3.8) is 0 Å². The van der Waals surface area contributed by atoms with Gasteiger partial charge >= 0.3 is 0 Å². The van der Waals surface area contributed by atoms with Gasteiger partial charge in [0.2, 0.25) is 10.0 Å². The van der Waals surface area contributed by atoms with Crippen LogP contribution in [-0.4, -0.2) is 15.0 Å². The Balaban J connectivity index is 2.13. The molecule has 2 rings (SSSR count). The van der Waals surface area contributed by atoms with Crippen molar-refractivity contribution in [2.75, 3.05) is 12.3 Å². The van der Waals surface area contributed by atoms with Gasteiger partial charge in [-0.25, -0.2) is 17.5 Å². The van der Waals surface area contributed by atoms with Crippen molar-refractivity contribution in [2.24, 2.45) is 5.41 Å². The van der Waals surface area contributed by atoms with Gasteiger partial charge in [-0.2, -0.15) is 0 Å². The van der Waals surface area contributed by atoms with Gasteiger partial charge in [0.1, 0.15) is 5.82 Å². The molecule has 3 N–H and O–H groups in total. The first-order valence-corrected chi connectivity index (χ1v) is 7.85. The highest BCUT2D eigenvalue weighted by molar-refractivity contribution is 7.89. The van der Waals surface area contributed by atoms with Crippen LogP contribution >= 0.6 is 0 Å². The van der Waals surface area contributed by atoms with E-state index in [0.29, 0.717) is 6.54 Å². The van der Waals surface area contributed by atoms with Gasteiger partial charge in [-0.15, -0.1) is 0 Å². The van der Waals surface area contributed by atoms with Crippen molar-refractivity contribution in [1.82, 2.24) is 4.72 Å². The Morgan fingerprint density at radius 3 is 2.53 bits per heavy atom. The largest absolute Gasteiger partial charge is 0.399 e. The molecule has 0 radical (unpaired) electrons. The third kappa shape index (κ3) is 3.45. The van der Waals surface area contributed by atoms with Crippen molar-refractivity contribution in [1.29, 1.82) is 0 Å². The smallest absolute Gasteiger partial charge is 0.240 e. The minimum atomic E-state index is -3.70. The van der Waals surface area contributed by atoms with Crippen molar-refractivity contribution in [3.05, 3.63) is 24.0 Å². The van der Waals surface area contributed by atoms with Crippen LogP contribution in [0.5, 0.6) is 0 Å². The van der Waals surface area contributed by atoms with Crippen LogP contribution in [0.2, 0.25) is 0 Å². The summed E-state index contributed by atoms with van der Waals surface area (Å²) >= 11 is 0. The molecule has 106 valence electrons. The van der Waals surface area contributed by atoms with Gasteiger partial charge in [0, 0.05) is 12.2 Å². The Morgan fingerprint density at radius 2 is 1.95 bits per heavy atom. The van der Waals surface area contributed by atoms with E-state index in [4.69, 9.17) is 5.73 Å². The summed E-state index contributed by atoms with van der Waals surface area (Å²) in [4.78, 5) is -0.119. The minimum Gasteiger partial charge on any atom is -0.399 e. The number of sulfonamides is 1. The molecule has 19 heavy (non-hydrogen) atoms. The maximum Gasteiger partial charge on any atom is 0.240 e. The number of halogens is 1. The van der Waals surface area contributed by atoms with E-state index in [9.17, 15) is 12.8 Å². The summed E-state index contributed by atoms with van der Waals surface area (Å²) in [6.07, 6.45) is 4.29. The van der Waals surface area contributed by atoms with Crippen LogP contribution in [0.15, 0.2) is 23.1 Å². The molecule has 0 atom stereocenters. The van der Waals surface area contributed by atoms with E-state index in [-0.39, 0.29) is 16.0 Å². The molecule has 1 saturated carbocycles. The first kappa shape index (κ1) is 14.3. The van der Waals surface area contributed by atoms with Crippen LogP contribution in [0.3, 0.4) is 0 Å². The number of rotatable bonds is 4. The van der Waals surface area contributed by atoms with E-state index in [0.717, 1.165) is 37.8 Å². The van der Waals surface area contributed by atoms with Crippen LogP contribution < -0.4 is 10.5 Å². The van der Waals surface area contributed by atoms with Crippen LogP contribution in [-0.2, 0) is 10.0 Å². The summed E-state index contributed by atoms with van der Waals surface area (Å²) in [5, 5.41) is 0. The third-order valence-corrected chi connectivity index (χ3v) is 5.08. The molecule has 0 unspecified atom stereocenters. The molecular weight excluding hydrogens is 267 g/mol. The zero-order valence-electron chi connectivity index (χ0n) is 10.9. The van der Waals surface area contributed by atoms with E-state index in [1.165, 1.54) is 6.07 Å². The zero-order valence-corrected chi connectivity index (χ0v) is 11.8. The second-order valence-electron chi connectivity index (χ2n) is 5.56. The molecule has 1 aliphatic rings. The number of hydrogen-bond acceptors (Lipinski definition) is 3. The van der Waals surface area contributed by atoms with Gasteiger partial charge in [0.15, 0.2) is 0 Å². The molecule has 0 aromatic heterocycles. The van der Waals surface area contributed by atoms with E-state index in [1.807, 2.05) is 0 Å². The summed E-state index contributed by atoms with van der Waals surface area (Å²) in [7, 11) is -3.70. The summed E-state index contributed by atoms with van der Waals surface area (Å²) in [6.45, 7) is 2.45. The molecule has 0 bridgehead atoms. The molecule has 6 heteroatoms. The molecule has 1 aliphatic carbocycles. The molecule has 1 fully saturated rings. The van der Waals surface area contributed by atoms with Gasteiger partial charge in [0.25, 0.3) is 0 Å². The minimum absolute atomic E-state index is 0.00589. The Kier molecular flexibility index (Phi) is 3.82. The van der Waals surface area contributed by atoms with Gasteiger partial charge in [-0.05, 0) is 36.5 Å². The molecule has 0 heterocycles. The summed E-state index contributed by atoms with van der Waals surface area (Å²) in [5.41, 5.74) is 5.58. The predicted octanol–water partition coefficient (Wildman–Crippen LogP) is 2.27. The quantitative estimate of drug-likeness (QED) is 0.834. The van der Waals surface area contributed by atoms with Gasteiger partial charge in [0.05, 0.1) is 4.90 Å². The second kappa shape index (κ2) is 5.09. The monoisotopic (exact) mass is 286 g/mol. The van der Waals surface area contributed by atoms with Gasteiger partial charge < -0.3 is 5.73 Å². The van der Waals surface area contributed by atoms with E-state index < -0.39 is 15.8 Å². The lowest BCUT2D eigenvalue weighted by atomic mass is 9.89. The fourth-order valence-electron chi connectivity index (χ4n) is 2.50. The SMILES string of the molecule is CC1(CNS(=O)(=O)c2cc(N)cc(F)c2)CCCC1. The Labute approximate surface area is 113 Å². The fourth-order valence-corrected chi connectivity index (χ4v) is 3.76. The summed E-state index contributed by atoms with van der Waals surface area (Å²) in [5.74, 6) is -0.646. The van der Waals surface area contributed by atoms with Crippen LogP contribution in [0, 0.1) is 11.2 Å². The summed E-state index contributed by atoms with van der Waals surface area (Å²) in [6, 6.07) is 3.34. The first-order valence-electron chi connectivity index (χ1n) is 6.37. The Bertz CT molecular complexity index is 546. The molecule has 0 aliphatic heterocycles. The average molecular weight is 286 g/mol. The van der Waals surface area contributed by atoms with Crippen molar-refractivity contribution in [2.45, 2.75) is 37.5 Å². The molecular formula is C13H19FN2O2S. The van der Waals surface area contributed by atoms with Crippen molar-refractivity contribution >= 4 is 15.7 Å². The lowest BCUT2D eigenvalue weighted by Gasteiger charge is -2.23. The number of benzene rings is 1. The number of nitrogens with two attached hydrogens (primary N) is 1. The Morgan fingerprint density at radius 1 is 1.32 bits per heavy atom. The van der Waals surface area contributed by atoms with E-state index >= 15 is 0 Å². The molecule has 0 amide bonds. The highest BCUT2D eigenvalue weighted by atomic mass is 32.2. The first-order chi connectivity index (χ1) is 8.81. The third-order valence-electron chi connectivity index (χ3n) is 3.70. The maximum atomic E-state index is 13.2. The predicted molar refractivity (Wildman–Crippen MR) is 72.6 cm³/mol. The summed E-state index contributed by atoms with van der Waals surface area (Å²) < 4.78 is 40.0. The molecule has 4 nitrogen and oxygen atoms in total. The highest BCUT2D eigenvalue weighted by Gasteiger charge is 2.30. The fraction of sp³-hybridized carbons (Fsp3) is 0.538. The zero-order chi connectivity index (χ0) is 14.1. The van der Waals surface area contributed by atoms with Crippen molar-refractivity contribution in [3.8, 4) is 0 Å². The number of nitrogens with one attached hydrogen (secondary N) is 1. The topological polar surface area (TPSA) is 72.2 Å². The van der Waals surface area contributed by atoms with Crippen LogP contribution in [0.1, 0.15) is 32.6 Å². The van der Waals surface area contributed by atoms with E-state index in [2.05, 4.69) is 11.6 Å². The van der Waals surface area contributed by atoms with Gasteiger partial charge in [-0.1, -0.05) is 19.8 Å². The van der Waals surface area contributed by atoms with Crippen molar-refractivity contribution < 1.29 is 12.8 Å². The molecule has 1 aromatic rings. The lowest BCUT2D eigenvalue weighted by Crippen LogP contribution is -2.34. The van der Waals surface area contributed by atoms with Gasteiger partial charge in [-0.3, -0.25) is 0 Å². The average Bonchev–Trinajstić information content (AvgIpc) is 2.73. The van der Waals surface area contributed by atoms with Crippen LogP contribution in [0.25, 0.3) is 0 Å². The molecule has 0 saturated heterocycles. The van der Waals surface area contributed by atoms with Crippen LogP contribution in [0.4, 0.5) is 10.1 Å². The number of anilines is 1.